The number of unbranched alkanes of at least 4 members (excludes halogenated alkanes) is 1. The van der Waals surface area contributed by atoms with Crippen molar-refractivity contribution in [3.8, 4) is 0 Å². The van der Waals surface area contributed by atoms with Crippen LogP contribution in [0.4, 0.5) is 0 Å². The number of carbonyl (C=O) groups excluding carboxylic acids is 3. The number of para-hydroxylation sites is 1. The van der Waals surface area contributed by atoms with E-state index in [4.69, 9.17) is 0 Å². The summed E-state index contributed by atoms with van der Waals surface area (Å²) in [6.45, 7) is 5.80. The van der Waals surface area contributed by atoms with Gasteiger partial charge in [0.25, 0.3) is 0 Å². The number of hydrogen-bond donors (Lipinski definition) is 4. The molecule has 0 aliphatic carbocycles. The number of aryl methyl sites for hydroxylation is 2. The topological polar surface area (TPSA) is 111 Å². The van der Waals surface area contributed by atoms with Crippen molar-refractivity contribution in [1.82, 2.24) is 15.8 Å². The van der Waals surface area contributed by atoms with Crippen LogP contribution in [0.5, 0.6) is 0 Å². The molecule has 0 radical (unpaired) electrons. The number of aromatic amines is 1. The zero-order chi connectivity index (χ0) is 30.6. The van der Waals surface area contributed by atoms with Gasteiger partial charge in [0.1, 0.15) is 0 Å². The number of carbonyl (C=O) groups is 3. The molecule has 0 aliphatic rings. The zero-order valence-electron chi connectivity index (χ0n) is 24.7. The number of amides is 2. The van der Waals surface area contributed by atoms with Crippen LogP contribution in [0, 0.1) is 18.8 Å². The van der Waals surface area contributed by atoms with E-state index in [1.165, 1.54) is 5.56 Å². The molecular weight excluding hydrogens is 538 g/mol. The molecule has 0 spiro atoms. The summed E-state index contributed by atoms with van der Waals surface area (Å²) in [6, 6.07) is 24.5. The van der Waals surface area contributed by atoms with E-state index in [1.54, 1.807) is 17.8 Å². The highest BCUT2D eigenvalue weighted by atomic mass is 16.5. The van der Waals surface area contributed by atoms with Crippen molar-refractivity contribution in [2.75, 3.05) is 0 Å². The first-order valence-electron chi connectivity index (χ1n) is 15.0. The molecule has 0 saturated heterocycles. The van der Waals surface area contributed by atoms with Gasteiger partial charge in [0.05, 0.1) is 12.0 Å². The minimum absolute atomic E-state index is 0.206. The molecule has 7 heteroatoms. The second kappa shape index (κ2) is 15.7. The molecule has 4 aromatic rings. The van der Waals surface area contributed by atoms with E-state index in [9.17, 15) is 19.6 Å². The van der Waals surface area contributed by atoms with Crippen LogP contribution >= 0.6 is 0 Å². The molecule has 0 unspecified atom stereocenters. The van der Waals surface area contributed by atoms with Crippen LogP contribution in [-0.4, -0.2) is 33.8 Å². The standard InChI is InChI=1S/C36H41N3O4/c1-3-4-6-16-30(36(42)39-43)29(17-11-14-26-21-19-25(2)20-22-26)35(41)38-33(23-27-12-7-5-8-13-27)34(40)31-24-37-32-18-10-9-15-28(31)32/h3,5,7-10,12-13,15,18-22,24,29-30,33,37,43H,1,4,6,11,14,16-17,23H2,2H3,(H,38,41)(H,39,42)/t29-,30+,33+/m1/s1. The molecule has 2 amide bonds. The minimum atomic E-state index is -0.847. The third kappa shape index (κ3) is 8.52. The maximum atomic E-state index is 14.1. The van der Waals surface area contributed by atoms with Crippen molar-refractivity contribution < 1.29 is 19.6 Å². The van der Waals surface area contributed by atoms with Gasteiger partial charge in [0, 0.05) is 35.0 Å². The van der Waals surface area contributed by atoms with Crippen molar-refractivity contribution in [3.05, 3.63) is 120 Å². The highest BCUT2D eigenvalue weighted by molar-refractivity contribution is 6.11. The van der Waals surface area contributed by atoms with Crippen LogP contribution in [0.25, 0.3) is 10.9 Å². The molecule has 0 saturated carbocycles. The molecule has 43 heavy (non-hydrogen) atoms. The second-order valence-electron chi connectivity index (χ2n) is 11.1. The number of aromatic nitrogens is 1. The zero-order valence-corrected chi connectivity index (χ0v) is 24.7. The molecule has 7 nitrogen and oxygen atoms in total. The number of hydroxylamine groups is 1. The average molecular weight is 580 g/mol. The van der Waals surface area contributed by atoms with Crippen LogP contribution < -0.4 is 10.8 Å². The summed E-state index contributed by atoms with van der Waals surface area (Å²) in [7, 11) is 0. The van der Waals surface area contributed by atoms with Gasteiger partial charge < -0.3 is 10.3 Å². The summed E-state index contributed by atoms with van der Waals surface area (Å²) >= 11 is 0. The Hall–Kier alpha value is -4.49. The van der Waals surface area contributed by atoms with Crippen molar-refractivity contribution in [2.24, 2.45) is 11.8 Å². The molecule has 1 aromatic heterocycles. The quantitative estimate of drug-likeness (QED) is 0.0399. The number of allylic oxidation sites excluding steroid dienone is 1. The lowest BCUT2D eigenvalue weighted by atomic mass is 9.82. The summed E-state index contributed by atoms with van der Waals surface area (Å²) < 4.78 is 0. The van der Waals surface area contributed by atoms with Gasteiger partial charge in [-0.2, -0.15) is 0 Å². The first kappa shape index (κ1) is 31.4. The van der Waals surface area contributed by atoms with E-state index in [0.717, 1.165) is 28.5 Å². The van der Waals surface area contributed by atoms with Crippen LogP contribution in [0.3, 0.4) is 0 Å². The summed E-state index contributed by atoms with van der Waals surface area (Å²) in [5, 5.41) is 13.4. The number of Topliss-reactive ketones (excluding diaryl/α,β-unsaturated/α-hetero) is 1. The fraction of sp³-hybridized carbons (Fsp3) is 0.306. The minimum Gasteiger partial charge on any atom is -0.360 e. The van der Waals surface area contributed by atoms with Gasteiger partial charge >= 0.3 is 0 Å². The molecule has 3 aromatic carbocycles. The summed E-state index contributed by atoms with van der Waals surface area (Å²) in [6.07, 6.45) is 7.32. The Morgan fingerprint density at radius 2 is 1.53 bits per heavy atom. The fourth-order valence-electron chi connectivity index (χ4n) is 5.68. The first-order chi connectivity index (χ1) is 20.9. The Morgan fingerprint density at radius 3 is 2.26 bits per heavy atom. The average Bonchev–Trinajstić information content (AvgIpc) is 3.46. The molecule has 1 heterocycles. The van der Waals surface area contributed by atoms with Crippen molar-refractivity contribution >= 4 is 28.5 Å². The second-order valence-corrected chi connectivity index (χ2v) is 11.1. The maximum Gasteiger partial charge on any atom is 0.247 e. The van der Waals surface area contributed by atoms with Crippen molar-refractivity contribution in [3.63, 3.8) is 0 Å². The Balaban J connectivity index is 1.61. The van der Waals surface area contributed by atoms with Crippen LogP contribution in [0.1, 0.15) is 59.2 Å². The van der Waals surface area contributed by atoms with Crippen molar-refractivity contribution in [1.29, 1.82) is 0 Å². The number of rotatable bonds is 16. The molecule has 0 aliphatic heterocycles. The van der Waals surface area contributed by atoms with Gasteiger partial charge in [0.2, 0.25) is 11.8 Å². The smallest absolute Gasteiger partial charge is 0.247 e. The number of hydrogen-bond acceptors (Lipinski definition) is 4. The summed E-state index contributed by atoms with van der Waals surface area (Å²) in [5.74, 6) is -2.67. The van der Waals surface area contributed by atoms with E-state index in [-0.39, 0.29) is 11.7 Å². The van der Waals surface area contributed by atoms with E-state index in [2.05, 4.69) is 41.1 Å². The van der Waals surface area contributed by atoms with Gasteiger partial charge in [-0.05, 0) is 62.6 Å². The highest BCUT2D eigenvalue weighted by Crippen LogP contribution is 2.27. The lowest BCUT2D eigenvalue weighted by Crippen LogP contribution is -2.48. The predicted octanol–water partition coefficient (Wildman–Crippen LogP) is 6.50. The number of ketones is 1. The van der Waals surface area contributed by atoms with Crippen LogP contribution in [0.2, 0.25) is 0 Å². The predicted molar refractivity (Wildman–Crippen MR) is 170 cm³/mol. The molecule has 224 valence electrons. The normalized spacial score (nSPS) is 13.2. The first-order valence-corrected chi connectivity index (χ1v) is 15.0. The molecule has 0 fully saturated rings. The molecule has 4 rings (SSSR count). The third-order valence-corrected chi connectivity index (χ3v) is 8.06. The van der Waals surface area contributed by atoms with Crippen LogP contribution in [0.15, 0.2) is 97.7 Å². The lowest BCUT2D eigenvalue weighted by Gasteiger charge is -2.27. The van der Waals surface area contributed by atoms with Crippen LogP contribution in [-0.2, 0) is 22.4 Å². The van der Waals surface area contributed by atoms with Crippen molar-refractivity contribution in [2.45, 2.75) is 57.9 Å². The summed E-state index contributed by atoms with van der Waals surface area (Å²) in [4.78, 5) is 44.2. The largest absolute Gasteiger partial charge is 0.360 e. The Kier molecular flexibility index (Phi) is 11.5. The monoisotopic (exact) mass is 579 g/mol. The molecule has 4 N–H and O–H groups in total. The number of fused-ring (bicyclic) bond motifs is 1. The van der Waals surface area contributed by atoms with E-state index >= 15 is 0 Å². The summed E-state index contributed by atoms with van der Waals surface area (Å²) in [5.41, 5.74) is 6.36. The Labute approximate surface area is 253 Å². The number of nitrogens with one attached hydrogen (secondary N) is 3. The third-order valence-electron chi connectivity index (χ3n) is 8.06. The van der Waals surface area contributed by atoms with Gasteiger partial charge in [-0.3, -0.25) is 19.6 Å². The van der Waals surface area contributed by atoms with E-state index in [0.29, 0.717) is 44.1 Å². The number of benzene rings is 3. The fourth-order valence-corrected chi connectivity index (χ4v) is 5.68. The molecule has 3 atom stereocenters. The molecular formula is C36H41N3O4. The SMILES string of the molecule is C=CCCC[C@H](C(=O)NO)[C@@H](CCCc1ccc(C)cc1)C(=O)N[C@@H](Cc1ccccc1)C(=O)c1c[nH]c2ccccc12. The van der Waals surface area contributed by atoms with Gasteiger partial charge in [-0.25, -0.2) is 5.48 Å². The van der Waals surface area contributed by atoms with Gasteiger partial charge in [0.15, 0.2) is 5.78 Å². The molecule has 0 bridgehead atoms. The Bertz CT molecular complexity index is 1510. The van der Waals surface area contributed by atoms with Gasteiger partial charge in [-0.15, -0.1) is 6.58 Å². The van der Waals surface area contributed by atoms with Gasteiger partial charge in [-0.1, -0.05) is 84.4 Å². The lowest BCUT2D eigenvalue weighted by molar-refractivity contribution is -0.141. The maximum absolute atomic E-state index is 14.1. The van der Waals surface area contributed by atoms with E-state index < -0.39 is 23.8 Å². The Morgan fingerprint density at radius 1 is 0.860 bits per heavy atom. The highest BCUT2D eigenvalue weighted by Gasteiger charge is 2.35. The van der Waals surface area contributed by atoms with E-state index in [1.807, 2.05) is 61.5 Å². The number of H-pyrrole nitrogens is 1.